The largest absolute Gasteiger partial charge is 0.0622 e. The summed E-state index contributed by atoms with van der Waals surface area (Å²) < 4.78 is 0. The molecule has 0 fully saturated rings. The van der Waals surface area contributed by atoms with Gasteiger partial charge in [-0.15, -0.1) is 0 Å². The van der Waals surface area contributed by atoms with Gasteiger partial charge in [0.15, 0.2) is 0 Å². The molecule has 44 heavy (non-hydrogen) atoms. The van der Waals surface area contributed by atoms with E-state index in [0.717, 1.165) is 0 Å². The zero-order valence-corrected chi connectivity index (χ0v) is 24.2. The molecular weight excluding hydrogens is 528 g/mol. The Morgan fingerprint density at radius 2 is 0.545 bits per heavy atom. The van der Waals surface area contributed by atoms with Gasteiger partial charge in [0.1, 0.15) is 0 Å². The second-order valence-corrected chi connectivity index (χ2v) is 11.6. The second kappa shape index (κ2) is 9.93. The lowest BCUT2D eigenvalue weighted by Gasteiger charge is -2.18. The fraction of sp³-hybridized carbons (Fsp3) is 0. The lowest BCUT2D eigenvalue weighted by molar-refractivity contribution is 1.63. The summed E-state index contributed by atoms with van der Waals surface area (Å²) in [5.74, 6) is 0. The molecule has 0 aliphatic rings. The minimum atomic E-state index is 1.22. The van der Waals surface area contributed by atoms with Crippen LogP contribution in [0.5, 0.6) is 0 Å². The Morgan fingerprint density at radius 1 is 0.182 bits per heavy atom. The average Bonchev–Trinajstić information content (AvgIpc) is 3.11. The Labute approximate surface area is 256 Å². The molecule has 9 aromatic carbocycles. The van der Waals surface area contributed by atoms with Crippen LogP contribution in [0.1, 0.15) is 0 Å². The van der Waals surface area contributed by atoms with Crippen molar-refractivity contribution < 1.29 is 0 Å². The van der Waals surface area contributed by atoms with Crippen LogP contribution in [0.25, 0.3) is 87.2 Å². The summed E-state index contributed by atoms with van der Waals surface area (Å²) in [4.78, 5) is 0. The Kier molecular flexibility index (Phi) is 5.61. The van der Waals surface area contributed by atoms with Crippen molar-refractivity contribution in [3.8, 4) is 33.4 Å². The van der Waals surface area contributed by atoms with Gasteiger partial charge in [0.25, 0.3) is 0 Å². The second-order valence-electron chi connectivity index (χ2n) is 11.6. The number of rotatable bonds is 3. The lowest BCUT2D eigenvalue weighted by atomic mass is 9.85. The van der Waals surface area contributed by atoms with Crippen molar-refractivity contribution in [3.05, 3.63) is 170 Å². The Balaban J connectivity index is 1.29. The van der Waals surface area contributed by atoms with Crippen molar-refractivity contribution in [2.75, 3.05) is 0 Å². The molecule has 0 aromatic heterocycles. The Hall–Kier alpha value is -5.72. The van der Waals surface area contributed by atoms with Crippen molar-refractivity contribution in [1.29, 1.82) is 0 Å². The molecule has 0 aliphatic carbocycles. The number of hydrogen-bond acceptors (Lipinski definition) is 0. The zero-order chi connectivity index (χ0) is 29.0. The molecule has 9 aromatic rings. The summed E-state index contributed by atoms with van der Waals surface area (Å²) in [6, 6.07) is 62.2. The van der Waals surface area contributed by atoms with Gasteiger partial charge in [-0.25, -0.2) is 0 Å². The Bertz CT molecular complexity index is 2440. The van der Waals surface area contributed by atoms with E-state index in [4.69, 9.17) is 0 Å². The van der Waals surface area contributed by atoms with Crippen molar-refractivity contribution >= 4 is 53.9 Å². The summed E-state index contributed by atoms with van der Waals surface area (Å²) in [7, 11) is 0. The molecule has 0 spiro atoms. The van der Waals surface area contributed by atoms with Crippen LogP contribution in [0.2, 0.25) is 0 Å². The molecule has 0 amide bonds. The highest BCUT2D eigenvalue weighted by Crippen LogP contribution is 2.44. The van der Waals surface area contributed by atoms with Crippen LogP contribution in [0.3, 0.4) is 0 Å². The highest BCUT2D eigenvalue weighted by atomic mass is 14.2. The predicted octanol–water partition coefficient (Wildman–Crippen LogP) is 12.5. The molecule has 0 nitrogen and oxygen atoms in total. The standard InChI is InChI=1S/C44H28/c1-2-13-29(14-3-1)43-38-21-8-10-23-40(38)44(41-24-11-9-22-39(41)43)32-16-12-15-30(27-32)31-25-26-37-35-19-5-4-17-33(35)34-18-6-7-20-36(34)42(37)28-31/h1-28H. The first-order chi connectivity index (χ1) is 21.8. The maximum atomic E-state index is 2.39. The van der Waals surface area contributed by atoms with Crippen LogP contribution < -0.4 is 0 Å². The predicted molar refractivity (Wildman–Crippen MR) is 190 cm³/mol. The summed E-state index contributed by atoms with van der Waals surface area (Å²) >= 11 is 0. The first-order valence-electron chi connectivity index (χ1n) is 15.3. The van der Waals surface area contributed by atoms with Gasteiger partial charge in [-0.05, 0) is 99.4 Å². The van der Waals surface area contributed by atoms with Gasteiger partial charge in [-0.2, -0.15) is 0 Å². The van der Waals surface area contributed by atoms with Crippen molar-refractivity contribution in [2.45, 2.75) is 0 Å². The van der Waals surface area contributed by atoms with E-state index in [9.17, 15) is 0 Å². The highest BCUT2D eigenvalue weighted by Gasteiger charge is 2.17. The fourth-order valence-electron chi connectivity index (χ4n) is 7.30. The number of fused-ring (bicyclic) bond motifs is 8. The molecular formula is C44H28. The van der Waals surface area contributed by atoms with E-state index < -0.39 is 0 Å². The maximum absolute atomic E-state index is 2.39. The van der Waals surface area contributed by atoms with E-state index in [1.54, 1.807) is 0 Å². The molecule has 9 rings (SSSR count). The minimum absolute atomic E-state index is 1.22. The smallest absolute Gasteiger partial charge is 0.00262 e. The van der Waals surface area contributed by atoms with Crippen molar-refractivity contribution in [2.24, 2.45) is 0 Å². The topological polar surface area (TPSA) is 0 Å². The quantitative estimate of drug-likeness (QED) is 0.150. The van der Waals surface area contributed by atoms with Crippen molar-refractivity contribution in [1.82, 2.24) is 0 Å². The van der Waals surface area contributed by atoms with E-state index in [1.165, 1.54) is 87.2 Å². The number of benzene rings is 9. The molecule has 0 radical (unpaired) electrons. The van der Waals surface area contributed by atoms with E-state index in [1.807, 2.05) is 0 Å². The van der Waals surface area contributed by atoms with Gasteiger partial charge in [0.05, 0.1) is 0 Å². The zero-order valence-electron chi connectivity index (χ0n) is 24.2. The fourth-order valence-corrected chi connectivity index (χ4v) is 7.30. The van der Waals surface area contributed by atoms with Crippen LogP contribution in [-0.4, -0.2) is 0 Å². The molecule has 0 N–H and O–H groups in total. The molecule has 204 valence electrons. The minimum Gasteiger partial charge on any atom is -0.0622 e. The van der Waals surface area contributed by atoms with E-state index in [2.05, 4.69) is 170 Å². The number of hydrogen-bond donors (Lipinski definition) is 0. The summed E-state index contributed by atoms with van der Waals surface area (Å²) in [5.41, 5.74) is 7.52. The monoisotopic (exact) mass is 556 g/mol. The molecule has 0 bridgehead atoms. The van der Waals surface area contributed by atoms with E-state index >= 15 is 0 Å². The molecule has 0 heterocycles. The maximum Gasteiger partial charge on any atom is -0.00262 e. The van der Waals surface area contributed by atoms with Gasteiger partial charge < -0.3 is 0 Å². The van der Waals surface area contributed by atoms with Gasteiger partial charge >= 0.3 is 0 Å². The van der Waals surface area contributed by atoms with Crippen LogP contribution in [0.4, 0.5) is 0 Å². The van der Waals surface area contributed by atoms with Gasteiger partial charge in [0.2, 0.25) is 0 Å². The third kappa shape index (κ3) is 3.78. The molecule has 0 aliphatic heterocycles. The molecule has 0 heteroatoms. The Morgan fingerprint density at radius 3 is 1.09 bits per heavy atom. The van der Waals surface area contributed by atoms with Gasteiger partial charge in [-0.3, -0.25) is 0 Å². The van der Waals surface area contributed by atoms with Crippen LogP contribution >= 0.6 is 0 Å². The molecule has 0 saturated carbocycles. The van der Waals surface area contributed by atoms with Gasteiger partial charge in [0, 0.05) is 0 Å². The van der Waals surface area contributed by atoms with Gasteiger partial charge in [-0.1, -0.05) is 158 Å². The summed E-state index contributed by atoms with van der Waals surface area (Å²) in [6.45, 7) is 0. The lowest BCUT2D eigenvalue weighted by Crippen LogP contribution is -1.91. The highest BCUT2D eigenvalue weighted by molar-refractivity contribution is 6.26. The molecule has 0 saturated heterocycles. The SMILES string of the molecule is c1ccc(-c2c3ccccc3c(-c3cccc(-c4ccc5c6ccccc6c6ccccc6c5c4)c3)c3ccccc23)cc1. The van der Waals surface area contributed by atoms with Crippen LogP contribution in [0, 0.1) is 0 Å². The van der Waals surface area contributed by atoms with E-state index in [0.29, 0.717) is 0 Å². The molecule has 0 atom stereocenters. The summed E-state index contributed by atoms with van der Waals surface area (Å²) in [6.07, 6.45) is 0. The summed E-state index contributed by atoms with van der Waals surface area (Å²) in [5, 5.41) is 12.9. The average molecular weight is 557 g/mol. The van der Waals surface area contributed by atoms with Crippen LogP contribution in [0.15, 0.2) is 170 Å². The third-order valence-electron chi connectivity index (χ3n) is 9.22. The van der Waals surface area contributed by atoms with Crippen molar-refractivity contribution in [3.63, 3.8) is 0 Å². The normalized spacial score (nSPS) is 11.6. The van der Waals surface area contributed by atoms with Crippen LogP contribution in [-0.2, 0) is 0 Å². The first-order valence-corrected chi connectivity index (χ1v) is 15.3. The van der Waals surface area contributed by atoms with E-state index in [-0.39, 0.29) is 0 Å². The third-order valence-corrected chi connectivity index (χ3v) is 9.22. The first kappa shape index (κ1) is 24.8. The molecule has 0 unspecified atom stereocenters.